The van der Waals surface area contributed by atoms with Gasteiger partial charge in [-0.1, -0.05) is 0 Å². The Morgan fingerprint density at radius 2 is 1.58 bits per heavy atom. The zero-order chi connectivity index (χ0) is 18.8. The second-order valence-electron chi connectivity index (χ2n) is 9.37. The van der Waals surface area contributed by atoms with Gasteiger partial charge in [0.2, 0.25) is 0 Å². The molecule has 3 aliphatic rings. The molecule has 4 atom stereocenters. The quantitative estimate of drug-likeness (QED) is 0.521. The first-order chi connectivity index (χ1) is 12.2. The highest BCUT2D eigenvalue weighted by atomic mass is 32.3. The third-order valence-corrected chi connectivity index (χ3v) is 11.3. The molecule has 6 heteroatoms. The lowest BCUT2D eigenvalue weighted by atomic mass is 9.85. The van der Waals surface area contributed by atoms with Crippen molar-refractivity contribution in [3.63, 3.8) is 0 Å². The lowest BCUT2D eigenvalue weighted by molar-refractivity contribution is 0.106. The number of ether oxygens (including phenoxy) is 1. The van der Waals surface area contributed by atoms with Crippen LogP contribution in [0.25, 0.3) is 0 Å². The second-order valence-corrected chi connectivity index (χ2v) is 15.5. The Bertz CT molecular complexity index is 449. The lowest BCUT2D eigenvalue weighted by Crippen LogP contribution is -2.19. The van der Waals surface area contributed by atoms with Gasteiger partial charge in [-0.15, -0.1) is 10.3 Å². The number of hydrogen-bond donors (Lipinski definition) is 2. The monoisotopic (exact) mass is 408 g/mol. The van der Waals surface area contributed by atoms with Gasteiger partial charge < -0.3 is 9.84 Å². The largest absolute Gasteiger partial charge is 0.393 e. The van der Waals surface area contributed by atoms with Gasteiger partial charge in [0.25, 0.3) is 0 Å². The first-order valence-electron chi connectivity index (χ1n) is 10.5. The summed E-state index contributed by atoms with van der Waals surface area (Å²) in [6.07, 6.45) is 18.8. The van der Waals surface area contributed by atoms with Gasteiger partial charge in [-0.2, -0.15) is 10.6 Å². The minimum atomic E-state index is -1.94. The number of rotatable bonds is 9. The van der Waals surface area contributed by atoms with Crippen molar-refractivity contribution in [2.24, 2.45) is 11.8 Å². The lowest BCUT2D eigenvalue weighted by Gasteiger charge is -2.44. The van der Waals surface area contributed by atoms with E-state index in [0.29, 0.717) is 18.1 Å². The molecule has 0 aromatic heterocycles. The summed E-state index contributed by atoms with van der Waals surface area (Å²) in [5, 5.41) is 9.62. The van der Waals surface area contributed by atoms with E-state index in [0.717, 1.165) is 36.7 Å². The van der Waals surface area contributed by atoms with Crippen molar-refractivity contribution in [2.45, 2.75) is 82.5 Å². The van der Waals surface area contributed by atoms with Crippen molar-refractivity contribution in [3.05, 3.63) is 0 Å². The van der Waals surface area contributed by atoms with E-state index in [1.54, 1.807) is 0 Å². The van der Waals surface area contributed by atoms with E-state index >= 15 is 0 Å². The van der Waals surface area contributed by atoms with Crippen LogP contribution in [-0.4, -0.2) is 58.2 Å². The van der Waals surface area contributed by atoms with Crippen molar-refractivity contribution in [2.75, 3.05) is 30.3 Å². The van der Waals surface area contributed by atoms with Gasteiger partial charge in [0.05, 0.1) is 18.3 Å². The zero-order valence-corrected chi connectivity index (χ0v) is 18.5. The summed E-state index contributed by atoms with van der Waals surface area (Å²) in [4.78, 5) is 0. The van der Waals surface area contributed by atoms with Crippen LogP contribution in [-0.2, 0) is 8.37 Å². The van der Waals surface area contributed by atoms with Gasteiger partial charge in [0, 0.05) is 17.8 Å². The Hall–Kier alpha value is 0.540. The molecule has 0 spiro atoms. The molecule has 0 aromatic rings. The van der Waals surface area contributed by atoms with Crippen molar-refractivity contribution in [3.8, 4) is 0 Å². The third kappa shape index (κ3) is 6.85. The van der Waals surface area contributed by atoms with Gasteiger partial charge in [0.1, 0.15) is 0 Å². The van der Waals surface area contributed by atoms with Crippen LogP contribution in [0.1, 0.15) is 64.2 Å². The van der Waals surface area contributed by atoms with Crippen LogP contribution in [0.4, 0.5) is 0 Å². The standard InChI is InChI=1S/C20H40O4S2/c1-25(2,13-4-5-16-6-9-18(21)10-7-16)24-26(3,22)14-12-17-8-11-19-20(15-17)23-19/h16-22H,4-15H2,1-3H3. The Labute approximate surface area is 163 Å². The molecule has 2 N–H and O–H groups in total. The highest BCUT2D eigenvalue weighted by Crippen LogP contribution is 2.58. The highest BCUT2D eigenvalue weighted by Gasteiger charge is 2.43. The van der Waals surface area contributed by atoms with Gasteiger partial charge in [0.15, 0.2) is 0 Å². The number of hydrogen-bond acceptors (Lipinski definition) is 4. The van der Waals surface area contributed by atoms with Crippen LogP contribution in [0.3, 0.4) is 0 Å². The third-order valence-electron chi connectivity index (χ3n) is 6.41. The Balaban J connectivity index is 1.33. The van der Waals surface area contributed by atoms with Crippen LogP contribution < -0.4 is 0 Å². The topological polar surface area (TPSA) is 62.2 Å². The van der Waals surface area contributed by atoms with Gasteiger partial charge in [-0.25, -0.2) is 3.63 Å². The van der Waals surface area contributed by atoms with Crippen LogP contribution in [0.15, 0.2) is 0 Å². The van der Waals surface area contributed by atoms with Crippen molar-refractivity contribution >= 4 is 20.9 Å². The average Bonchev–Trinajstić information content (AvgIpc) is 3.32. The maximum absolute atomic E-state index is 10.9. The Morgan fingerprint density at radius 1 is 0.885 bits per heavy atom. The Morgan fingerprint density at radius 3 is 2.27 bits per heavy atom. The smallest absolute Gasteiger partial charge is 0.0844 e. The summed E-state index contributed by atoms with van der Waals surface area (Å²) >= 11 is 0. The predicted octanol–water partition coefficient (Wildman–Crippen LogP) is 5.09. The first-order valence-corrected chi connectivity index (χ1v) is 15.1. The predicted molar refractivity (Wildman–Crippen MR) is 114 cm³/mol. The molecule has 2 aliphatic carbocycles. The minimum absolute atomic E-state index is 0.0585. The fourth-order valence-electron chi connectivity index (χ4n) is 4.75. The molecule has 2 saturated carbocycles. The fraction of sp³-hybridized carbons (Fsp3) is 1.00. The molecule has 1 aliphatic heterocycles. The number of aliphatic hydroxyl groups is 1. The van der Waals surface area contributed by atoms with E-state index < -0.39 is 20.9 Å². The molecule has 0 radical (unpaired) electrons. The normalized spacial score (nSPS) is 38.9. The van der Waals surface area contributed by atoms with Crippen LogP contribution in [0.5, 0.6) is 0 Å². The fourth-order valence-corrected chi connectivity index (χ4v) is 10.1. The maximum atomic E-state index is 10.9. The number of epoxide rings is 1. The van der Waals surface area contributed by atoms with E-state index in [2.05, 4.69) is 12.5 Å². The van der Waals surface area contributed by atoms with E-state index in [1.807, 2.05) is 6.26 Å². The molecular formula is C20H40O4S2. The van der Waals surface area contributed by atoms with Crippen molar-refractivity contribution < 1.29 is 18.0 Å². The molecular weight excluding hydrogens is 368 g/mol. The molecule has 3 rings (SSSR count). The van der Waals surface area contributed by atoms with Crippen molar-refractivity contribution in [1.29, 1.82) is 0 Å². The van der Waals surface area contributed by atoms with E-state index in [9.17, 15) is 9.66 Å². The van der Waals surface area contributed by atoms with E-state index in [4.69, 9.17) is 8.37 Å². The second kappa shape index (κ2) is 8.91. The van der Waals surface area contributed by atoms with Gasteiger partial charge >= 0.3 is 0 Å². The summed E-state index contributed by atoms with van der Waals surface area (Å²) < 4.78 is 22.8. The molecule has 0 amide bonds. The van der Waals surface area contributed by atoms with Crippen LogP contribution in [0.2, 0.25) is 0 Å². The first kappa shape index (κ1) is 21.3. The summed E-state index contributed by atoms with van der Waals surface area (Å²) in [5.74, 6) is 3.38. The number of fused-ring (bicyclic) bond motifs is 1. The maximum Gasteiger partial charge on any atom is 0.0844 e. The molecule has 26 heavy (non-hydrogen) atoms. The van der Waals surface area contributed by atoms with E-state index in [-0.39, 0.29) is 6.10 Å². The van der Waals surface area contributed by atoms with E-state index in [1.165, 1.54) is 44.9 Å². The SMILES string of the molecule is CS(C)(CCCC1CCC(O)CC1)OS(C)(O)CCC1CCC2OC2C1. The Kier molecular flexibility index (Phi) is 7.29. The summed E-state index contributed by atoms with van der Waals surface area (Å²) in [6, 6.07) is 0. The molecule has 1 saturated heterocycles. The van der Waals surface area contributed by atoms with Gasteiger partial charge in [-0.05, 0) is 88.6 Å². The van der Waals surface area contributed by atoms with Crippen LogP contribution >= 0.6 is 20.9 Å². The van der Waals surface area contributed by atoms with Crippen LogP contribution in [0, 0.1) is 11.8 Å². The minimum Gasteiger partial charge on any atom is -0.393 e. The zero-order valence-electron chi connectivity index (χ0n) is 16.9. The molecule has 4 nitrogen and oxygen atoms in total. The van der Waals surface area contributed by atoms with Gasteiger partial charge in [-0.3, -0.25) is 4.55 Å². The average molecular weight is 409 g/mol. The molecule has 156 valence electrons. The summed E-state index contributed by atoms with van der Waals surface area (Å²) in [6.45, 7) is 0. The van der Waals surface area contributed by atoms with Crippen molar-refractivity contribution in [1.82, 2.24) is 0 Å². The highest BCUT2D eigenvalue weighted by molar-refractivity contribution is 8.39. The summed E-state index contributed by atoms with van der Waals surface area (Å²) in [7, 11) is -3.14. The summed E-state index contributed by atoms with van der Waals surface area (Å²) in [5.41, 5.74) is 0. The molecule has 1 heterocycles. The molecule has 0 aromatic carbocycles. The number of aliphatic hydroxyl groups excluding tert-OH is 1. The molecule has 0 bridgehead atoms. The molecule has 3 fully saturated rings. The molecule has 4 unspecified atom stereocenters.